The fraction of sp³-hybridized carbons (Fsp3) is 0.780. The van der Waals surface area contributed by atoms with E-state index in [1.54, 1.807) is 6.08 Å². The number of rotatable bonds is 42. The first-order valence-electron chi connectivity index (χ1n) is 23.5. The Labute approximate surface area is 341 Å². The van der Waals surface area contributed by atoms with Crippen molar-refractivity contribution in [1.29, 1.82) is 0 Å². The molecule has 0 aliphatic heterocycles. The predicted octanol–water partition coefficient (Wildman–Crippen LogP) is 13.9. The third-order valence-electron chi connectivity index (χ3n) is 10.6. The smallest absolute Gasteiger partial charge is 0.222 e. The van der Waals surface area contributed by atoms with Crippen LogP contribution in [0.3, 0.4) is 0 Å². The lowest BCUT2D eigenvalue weighted by Crippen LogP contribution is -2.45. The fourth-order valence-electron chi connectivity index (χ4n) is 7.00. The first-order valence-corrected chi connectivity index (χ1v) is 23.5. The summed E-state index contributed by atoms with van der Waals surface area (Å²) in [5, 5.41) is 33.0. The Morgan fingerprint density at radius 2 is 0.909 bits per heavy atom. The third-order valence-corrected chi connectivity index (χ3v) is 10.6. The van der Waals surface area contributed by atoms with E-state index in [1.165, 1.54) is 154 Å². The molecule has 0 spiro atoms. The topological polar surface area (TPSA) is 89.8 Å². The minimum atomic E-state index is -0.959. The number of allylic oxidation sites excluding steroid dienone is 9. The van der Waals surface area contributed by atoms with Crippen LogP contribution >= 0.6 is 0 Å². The average Bonchev–Trinajstić information content (AvgIpc) is 3.18. The second-order valence-corrected chi connectivity index (χ2v) is 16.0. The van der Waals surface area contributed by atoms with Crippen LogP contribution in [-0.4, -0.2) is 46.1 Å². The summed E-state index contributed by atoms with van der Waals surface area (Å²) in [6, 6.07) is -0.767. The molecule has 4 N–H and O–H groups in total. The maximum absolute atomic E-state index is 12.4. The van der Waals surface area contributed by atoms with Gasteiger partial charge in [0.2, 0.25) is 5.91 Å². The molecule has 0 aromatic carbocycles. The molecule has 0 saturated heterocycles. The number of nitrogens with one attached hydrogen (secondary N) is 1. The summed E-state index contributed by atoms with van der Waals surface area (Å²) >= 11 is 0. The number of aliphatic hydroxyl groups is 3. The Morgan fingerprint density at radius 1 is 0.509 bits per heavy atom. The molecule has 0 bridgehead atoms. The number of unbranched alkanes of at least 4 members (excludes halogenated alkanes) is 26. The minimum Gasteiger partial charge on any atom is -0.394 e. The van der Waals surface area contributed by atoms with Gasteiger partial charge in [-0.3, -0.25) is 4.79 Å². The van der Waals surface area contributed by atoms with Crippen LogP contribution < -0.4 is 5.32 Å². The molecule has 0 radical (unpaired) electrons. The van der Waals surface area contributed by atoms with Gasteiger partial charge in [-0.05, 0) is 71.1 Å². The Morgan fingerprint density at radius 3 is 1.36 bits per heavy atom. The number of carbonyl (C=O) groups is 1. The standard InChI is InChI=1S/C50H91NO4/c1-3-5-7-9-11-13-14-15-16-17-18-19-20-21-22-23-24-25-26-27-28-29-30-31-32-33-34-36-37-39-41-43-47(53)45-50(55)51-48(46-52)49(54)44-42-40-38-35-12-10-8-6-4-2/h4,6,12,18-19,21-22,35,42,44,47-49,52-54H,3,5,7-11,13-17,20,23-34,36-41,43,45-46H2,1-2H3,(H,51,55)/b6-4+,19-18-,22-21-,35-12+,44-42+. The van der Waals surface area contributed by atoms with Crippen molar-refractivity contribution in [2.45, 2.75) is 244 Å². The molecule has 320 valence electrons. The molecule has 3 atom stereocenters. The van der Waals surface area contributed by atoms with E-state index in [9.17, 15) is 20.1 Å². The zero-order valence-corrected chi connectivity index (χ0v) is 36.3. The summed E-state index contributed by atoms with van der Waals surface area (Å²) in [6.45, 7) is 3.96. The van der Waals surface area contributed by atoms with E-state index in [0.29, 0.717) is 6.42 Å². The molecule has 5 heteroatoms. The molecule has 1 amide bonds. The van der Waals surface area contributed by atoms with Gasteiger partial charge in [-0.2, -0.15) is 0 Å². The van der Waals surface area contributed by atoms with Crippen LogP contribution in [0.15, 0.2) is 60.8 Å². The normalized spacial score (nSPS) is 14.1. The largest absolute Gasteiger partial charge is 0.394 e. The maximum atomic E-state index is 12.4. The summed E-state index contributed by atoms with van der Waals surface area (Å²) in [5.41, 5.74) is 0. The van der Waals surface area contributed by atoms with Crippen LogP contribution in [-0.2, 0) is 4.79 Å². The summed E-state index contributed by atoms with van der Waals surface area (Å²) in [5.74, 6) is -0.334. The molecular formula is C50H91NO4. The quantitative estimate of drug-likeness (QED) is 0.0368. The zero-order valence-electron chi connectivity index (χ0n) is 36.3. The molecule has 0 aromatic heterocycles. The monoisotopic (exact) mass is 770 g/mol. The first-order chi connectivity index (χ1) is 27.0. The van der Waals surface area contributed by atoms with Gasteiger partial charge < -0.3 is 20.6 Å². The van der Waals surface area contributed by atoms with Crippen LogP contribution in [0.4, 0.5) is 0 Å². The number of hydrogen-bond donors (Lipinski definition) is 4. The van der Waals surface area contributed by atoms with Gasteiger partial charge in [0.25, 0.3) is 0 Å². The van der Waals surface area contributed by atoms with Gasteiger partial charge in [0.05, 0.1) is 31.3 Å². The van der Waals surface area contributed by atoms with E-state index in [2.05, 4.69) is 60.8 Å². The molecule has 0 fully saturated rings. The van der Waals surface area contributed by atoms with E-state index in [-0.39, 0.29) is 18.9 Å². The third kappa shape index (κ3) is 41.5. The van der Waals surface area contributed by atoms with Crippen LogP contribution in [0.1, 0.15) is 226 Å². The van der Waals surface area contributed by atoms with Crippen LogP contribution in [0, 0.1) is 0 Å². The summed E-state index contributed by atoms with van der Waals surface area (Å²) in [4.78, 5) is 12.4. The molecular weight excluding hydrogens is 679 g/mol. The summed E-state index contributed by atoms with van der Waals surface area (Å²) < 4.78 is 0. The van der Waals surface area contributed by atoms with Crippen LogP contribution in [0.2, 0.25) is 0 Å². The molecule has 5 nitrogen and oxygen atoms in total. The van der Waals surface area contributed by atoms with Crippen molar-refractivity contribution in [1.82, 2.24) is 5.32 Å². The van der Waals surface area contributed by atoms with Crippen molar-refractivity contribution in [3.8, 4) is 0 Å². The highest BCUT2D eigenvalue weighted by Gasteiger charge is 2.20. The van der Waals surface area contributed by atoms with E-state index in [0.717, 1.165) is 44.9 Å². The number of hydrogen-bond acceptors (Lipinski definition) is 4. The number of aliphatic hydroxyl groups excluding tert-OH is 3. The highest BCUT2D eigenvalue weighted by molar-refractivity contribution is 5.76. The van der Waals surface area contributed by atoms with Crippen LogP contribution in [0.5, 0.6) is 0 Å². The molecule has 0 heterocycles. The molecule has 3 unspecified atom stereocenters. The molecule has 55 heavy (non-hydrogen) atoms. The highest BCUT2D eigenvalue weighted by Crippen LogP contribution is 2.16. The van der Waals surface area contributed by atoms with Gasteiger partial charge in [0, 0.05) is 0 Å². The van der Waals surface area contributed by atoms with Crippen molar-refractivity contribution in [2.24, 2.45) is 0 Å². The van der Waals surface area contributed by atoms with Gasteiger partial charge in [-0.15, -0.1) is 0 Å². The maximum Gasteiger partial charge on any atom is 0.222 e. The highest BCUT2D eigenvalue weighted by atomic mass is 16.3. The Kier molecular flexibility index (Phi) is 43.2. The number of amides is 1. The van der Waals surface area contributed by atoms with E-state index in [1.807, 2.05) is 13.0 Å². The molecule has 0 saturated carbocycles. The fourth-order valence-corrected chi connectivity index (χ4v) is 7.00. The van der Waals surface area contributed by atoms with Gasteiger partial charge in [-0.25, -0.2) is 0 Å². The second-order valence-electron chi connectivity index (χ2n) is 16.0. The van der Waals surface area contributed by atoms with E-state index < -0.39 is 18.2 Å². The summed E-state index contributed by atoms with van der Waals surface area (Å²) in [6.07, 6.45) is 59.9. The first kappa shape index (κ1) is 53.0. The van der Waals surface area contributed by atoms with Gasteiger partial charge in [0.1, 0.15) is 0 Å². The van der Waals surface area contributed by atoms with Crippen molar-refractivity contribution in [3.05, 3.63) is 60.8 Å². The van der Waals surface area contributed by atoms with Gasteiger partial charge in [-0.1, -0.05) is 209 Å². The lowest BCUT2D eigenvalue weighted by atomic mass is 10.0. The number of carbonyl (C=O) groups excluding carboxylic acids is 1. The van der Waals surface area contributed by atoms with Crippen molar-refractivity contribution >= 4 is 5.91 Å². The zero-order chi connectivity index (χ0) is 40.1. The Hall–Kier alpha value is -1.95. The van der Waals surface area contributed by atoms with Gasteiger partial charge in [0.15, 0.2) is 0 Å². The lowest BCUT2D eigenvalue weighted by molar-refractivity contribution is -0.124. The summed E-state index contributed by atoms with van der Waals surface area (Å²) in [7, 11) is 0. The average molecular weight is 770 g/mol. The Balaban J connectivity index is 3.53. The van der Waals surface area contributed by atoms with Crippen LogP contribution in [0.25, 0.3) is 0 Å². The van der Waals surface area contributed by atoms with Crippen molar-refractivity contribution in [3.63, 3.8) is 0 Å². The van der Waals surface area contributed by atoms with E-state index in [4.69, 9.17) is 0 Å². The SMILES string of the molecule is C/C=C/CC/C=C/CC/C=C/C(O)C(CO)NC(=O)CC(O)CCCCCCCCCCCCCCCCC/C=C\C/C=C\CCCCCCCCCCC. The minimum absolute atomic E-state index is 0.000304. The molecule has 0 aromatic rings. The predicted molar refractivity (Wildman–Crippen MR) is 240 cm³/mol. The van der Waals surface area contributed by atoms with Gasteiger partial charge >= 0.3 is 0 Å². The lowest BCUT2D eigenvalue weighted by Gasteiger charge is -2.21. The molecule has 0 rings (SSSR count). The van der Waals surface area contributed by atoms with Crippen molar-refractivity contribution < 1.29 is 20.1 Å². The second kappa shape index (κ2) is 44.8. The van der Waals surface area contributed by atoms with E-state index >= 15 is 0 Å². The molecule has 0 aliphatic rings. The van der Waals surface area contributed by atoms with Crippen molar-refractivity contribution in [2.75, 3.05) is 6.61 Å². The Bertz CT molecular complexity index is 938. The molecule has 0 aliphatic carbocycles.